The lowest BCUT2D eigenvalue weighted by atomic mass is 10.1. The third-order valence-electron chi connectivity index (χ3n) is 6.61. The zero-order valence-electron chi connectivity index (χ0n) is 19.8. The number of anilines is 1. The minimum Gasteiger partial charge on any atom is -0.351 e. The summed E-state index contributed by atoms with van der Waals surface area (Å²) in [6.07, 6.45) is 4.17. The van der Waals surface area contributed by atoms with Crippen LogP contribution < -0.4 is 5.32 Å². The van der Waals surface area contributed by atoms with E-state index in [1.165, 1.54) is 18.9 Å². The maximum Gasteiger partial charge on any atom is 0.420 e. The van der Waals surface area contributed by atoms with E-state index < -0.39 is 11.7 Å². The Morgan fingerprint density at radius 3 is 2.56 bits per heavy atom. The summed E-state index contributed by atoms with van der Waals surface area (Å²) in [4.78, 5) is 14.8. The number of nitrogens with zero attached hydrogens (tertiary/aromatic N) is 6. The van der Waals surface area contributed by atoms with Crippen LogP contribution in [0.1, 0.15) is 30.4 Å². The van der Waals surface area contributed by atoms with E-state index in [9.17, 15) is 13.2 Å². The van der Waals surface area contributed by atoms with Crippen molar-refractivity contribution in [3.63, 3.8) is 0 Å². The molecule has 2 aliphatic rings. The van der Waals surface area contributed by atoms with Gasteiger partial charge in [0.1, 0.15) is 23.3 Å². The molecule has 12 heteroatoms. The van der Waals surface area contributed by atoms with Crippen molar-refractivity contribution in [2.45, 2.75) is 38.0 Å². The Kier molecular flexibility index (Phi) is 7.43. The molecule has 192 valence electrons. The van der Waals surface area contributed by atoms with E-state index >= 15 is 0 Å². The molecule has 0 saturated carbocycles. The number of aromatic nitrogens is 4. The molecule has 0 atom stereocenters. The minimum atomic E-state index is -4.61. The number of rotatable bonds is 7. The molecule has 0 bridgehead atoms. The first kappa shape index (κ1) is 25.3. The first-order chi connectivity index (χ1) is 17.3. The molecule has 0 radical (unpaired) electrons. The normalized spacial score (nSPS) is 17.8. The lowest BCUT2D eigenvalue weighted by Crippen LogP contribution is -2.36. The second-order valence-electron chi connectivity index (χ2n) is 9.07. The Balaban J connectivity index is 1.39. The van der Waals surface area contributed by atoms with Gasteiger partial charge >= 0.3 is 6.18 Å². The highest BCUT2D eigenvalue weighted by atomic mass is 35.5. The van der Waals surface area contributed by atoms with Crippen LogP contribution in [0, 0.1) is 0 Å². The molecular formula is C24H27ClF3N7S. The van der Waals surface area contributed by atoms with Gasteiger partial charge in [-0.05, 0) is 56.3 Å². The number of hydrogen-bond acceptors (Lipinski definition) is 7. The fourth-order valence-electron chi connectivity index (χ4n) is 4.45. The molecule has 2 saturated heterocycles. The van der Waals surface area contributed by atoms with E-state index in [2.05, 4.69) is 29.5 Å². The molecule has 0 aliphatic carbocycles. The lowest BCUT2D eigenvalue weighted by Gasteiger charge is -2.30. The smallest absolute Gasteiger partial charge is 0.351 e. The summed E-state index contributed by atoms with van der Waals surface area (Å²) >= 11 is 8.23. The number of hydrogen-bond donors (Lipinski definition) is 1. The number of nitrogens with one attached hydrogen (secondary N) is 1. The van der Waals surface area contributed by atoms with Crippen molar-refractivity contribution in [1.29, 1.82) is 0 Å². The predicted molar refractivity (Wildman–Crippen MR) is 136 cm³/mol. The Morgan fingerprint density at radius 1 is 1.14 bits per heavy atom. The maximum absolute atomic E-state index is 13.8. The summed E-state index contributed by atoms with van der Waals surface area (Å²) in [7, 11) is 0. The molecule has 5 rings (SSSR count). The van der Waals surface area contributed by atoms with Crippen LogP contribution in [0.2, 0.25) is 5.02 Å². The summed E-state index contributed by atoms with van der Waals surface area (Å²) in [6, 6.07) is 5.84. The van der Waals surface area contributed by atoms with Crippen molar-refractivity contribution in [2.24, 2.45) is 0 Å². The van der Waals surface area contributed by atoms with Gasteiger partial charge < -0.3 is 9.88 Å². The van der Waals surface area contributed by atoms with Crippen LogP contribution in [-0.2, 0) is 12.7 Å². The van der Waals surface area contributed by atoms with Gasteiger partial charge in [-0.2, -0.15) is 13.2 Å². The van der Waals surface area contributed by atoms with Crippen LogP contribution in [0.15, 0.2) is 36.9 Å². The molecule has 7 nitrogen and oxygen atoms in total. The van der Waals surface area contributed by atoms with E-state index in [0.29, 0.717) is 10.7 Å². The summed E-state index contributed by atoms with van der Waals surface area (Å²) in [5, 5.41) is 3.72. The van der Waals surface area contributed by atoms with Gasteiger partial charge in [0.2, 0.25) is 5.95 Å². The molecule has 2 fully saturated rings. The number of piperidine rings is 1. The lowest BCUT2D eigenvalue weighted by molar-refractivity contribution is -0.137. The molecule has 2 aliphatic heterocycles. The number of imidazole rings is 1. The quantitative estimate of drug-likeness (QED) is 0.407. The van der Waals surface area contributed by atoms with Gasteiger partial charge in [-0.15, -0.1) is 0 Å². The van der Waals surface area contributed by atoms with Crippen molar-refractivity contribution < 1.29 is 13.2 Å². The number of alkyl halides is 3. The molecule has 4 heterocycles. The molecular weight excluding hydrogens is 511 g/mol. The second-order valence-corrected chi connectivity index (χ2v) is 10.4. The van der Waals surface area contributed by atoms with Gasteiger partial charge in [-0.3, -0.25) is 9.21 Å². The standard InChI is InChI=1S/C24H27ClF3N7S/c1-36-35-9-5-17(6-10-35)31-23-29-12-18(24(26,27)28)22(32-23)20-14-34(15-30-20)21-4-3-16(11-19(21)25)13-33-7-2-8-33/h3-4,11-12,14-15,17H,2,5-10,13H2,1H3,(H,29,31,32). The Hall–Kier alpha value is -2.34. The van der Waals surface area contributed by atoms with Gasteiger partial charge in [-0.25, -0.2) is 15.0 Å². The van der Waals surface area contributed by atoms with Crippen molar-refractivity contribution in [3.8, 4) is 17.1 Å². The molecule has 0 amide bonds. The number of likely N-dealkylation sites (tertiary alicyclic amines) is 1. The summed E-state index contributed by atoms with van der Waals surface area (Å²) < 4.78 is 45.3. The van der Waals surface area contributed by atoms with Gasteiger partial charge in [0.25, 0.3) is 0 Å². The zero-order valence-corrected chi connectivity index (χ0v) is 21.4. The fourth-order valence-corrected chi connectivity index (χ4v) is 5.33. The molecule has 3 aromatic rings. The van der Waals surface area contributed by atoms with Crippen LogP contribution in [0.3, 0.4) is 0 Å². The second kappa shape index (κ2) is 10.6. The molecule has 0 unspecified atom stereocenters. The van der Waals surface area contributed by atoms with E-state index in [1.807, 2.05) is 24.5 Å². The fraction of sp³-hybridized carbons (Fsp3) is 0.458. The Bertz CT molecular complexity index is 1210. The molecule has 1 aromatic carbocycles. The van der Waals surface area contributed by atoms with Crippen LogP contribution in [-0.4, -0.2) is 67.2 Å². The van der Waals surface area contributed by atoms with E-state index in [-0.39, 0.29) is 23.4 Å². The average molecular weight is 538 g/mol. The van der Waals surface area contributed by atoms with Gasteiger partial charge in [0, 0.05) is 38.1 Å². The first-order valence-electron chi connectivity index (χ1n) is 11.9. The topological polar surface area (TPSA) is 62.1 Å². The van der Waals surface area contributed by atoms with E-state index in [1.54, 1.807) is 16.5 Å². The number of halogens is 4. The third-order valence-corrected chi connectivity index (χ3v) is 7.79. The summed E-state index contributed by atoms with van der Waals surface area (Å²) in [5.74, 6) is 0.170. The SMILES string of the molecule is CSN1CCC(Nc2ncc(C(F)(F)F)c(-c3cn(-c4ccc(CN5CCC5)cc4Cl)cn3)n2)CC1. The van der Waals surface area contributed by atoms with Crippen molar-refractivity contribution in [1.82, 2.24) is 28.7 Å². The van der Waals surface area contributed by atoms with Crippen molar-refractivity contribution in [3.05, 3.63) is 53.1 Å². The highest BCUT2D eigenvalue weighted by Gasteiger charge is 2.36. The van der Waals surface area contributed by atoms with Gasteiger partial charge in [0.05, 0.1) is 10.7 Å². The molecule has 2 aromatic heterocycles. The van der Waals surface area contributed by atoms with Gasteiger partial charge in [0.15, 0.2) is 0 Å². The van der Waals surface area contributed by atoms with Gasteiger partial charge in [-0.1, -0.05) is 29.6 Å². The van der Waals surface area contributed by atoms with Crippen LogP contribution >= 0.6 is 23.5 Å². The zero-order chi connectivity index (χ0) is 25.3. The summed E-state index contributed by atoms with van der Waals surface area (Å²) in [6.45, 7) is 4.79. The Labute approximate surface area is 217 Å². The molecule has 0 spiro atoms. The van der Waals surface area contributed by atoms with Crippen LogP contribution in [0.5, 0.6) is 0 Å². The van der Waals surface area contributed by atoms with E-state index in [4.69, 9.17) is 11.6 Å². The average Bonchev–Trinajstić information content (AvgIpc) is 3.31. The van der Waals surface area contributed by atoms with Crippen LogP contribution in [0.4, 0.5) is 19.1 Å². The summed E-state index contributed by atoms with van der Waals surface area (Å²) in [5.41, 5.74) is 0.658. The highest BCUT2D eigenvalue weighted by Crippen LogP contribution is 2.36. The minimum absolute atomic E-state index is 0.101. The van der Waals surface area contributed by atoms with Crippen LogP contribution in [0.25, 0.3) is 17.1 Å². The Morgan fingerprint density at radius 2 is 1.92 bits per heavy atom. The molecule has 1 N–H and O–H groups in total. The van der Waals surface area contributed by atoms with Crippen molar-refractivity contribution in [2.75, 3.05) is 37.8 Å². The first-order valence-corrected chi connectivity index (χ1v) is 13.4. The highest BCUT2D eigenvalue weighted by molar-refractivity contribution is 7.96. The van der Waals surface area contributed by atoms with E-state index in [0.717, 1.165) is 57.3 Å². The largest absolute Gasteiger partial charge is 0.420 e. The monoisotopic (exact) mass is 537 g/mol. The number of benzene rings is 1. The molecule has 36 heavy (non-hydrogen) atoms. The maximum atomic E-state index is 13.8. The predicted octanol–water partition coefficient (Wildman–Crippen LogP) is 5.36. The van der Waals surface area contributed by atoms with Crippen molar-refractivity contribution >= 4 is 29.5 Å². The third kappa shape index (κ3) is 5.64.